The third-order valence-electron chi connectivity index (χ3n) is 6.45. The summed E-state index contributed by atoms with van der Waals surface area (Å²) >= 11 is 1.41. The molecule has 1 spiro atoms. The summed E-state index contributed by atoms with van der Waals surface area (Å²) in [6, 6.07) is 0. The number of aromatic amines is 1. The Labute approximate surface area is 167 Å². The Balaban J connectivity index is 1.35. The highest BCUT2D eigenvalue weighted by molar-refractivity contribution is 7.13. The fourth-order valence-electron chi connectivity index (χ4n) is 4.79. The summed E-state index contributed by atoms with van der Waals surface area (Å²) in [4.78, 5) is 39.6. The van der Waals surface area contributed by atoms with E-state index in [1.54, 1.807) is 0 Å². The number of H-pyrrole nitrogens is 1. The molecule has 148 valence electrons. The largest absolute Gasteiger partial charge is 0.375 e. The van der Waals surface area contributed by atoms with Gasteiger partial charge in [-0.3, -0.25) is 9.59 Å². The van der Waals surface area contributed by atoms with Crippen LogP contribution in [-0.4, -0.2) is 38.8 Å². The number of likely N-dealkylation sites (tertiary alicyclic amines) is 1. The van der Waals surface area contributed by atoms with Crippen molar-refractivity contribution in [2.45, 2.75) is 62.7 Å². The monoisotopic (exact) mass is 399 g/mol. The van der Waals surface area contributed by atoms with Crippen LogP contribution < -0.4 is 11.3 Å². The highest BCUT2D eigenvalue weighted by Crippen LogP contribution is 2.45. The van der Waals surface area contributed by atoms with Gasteiger partial charge < -0.3 is 15.6 Å². The standard InChI is InChI=1S/C20H25N5O2S/c21-19-22-13(10-28-19)4-5-15(26)25-9-1-7-20(11-25)8-6-14-16(20)23-17(12-2-3-12)24-18(14)27/h10,12H,1-9,11H2,(H2,21,22)(H,23,24,27). The highest BCUT2D eigenvalue weighted by atomic mass is 32.1. The number of aromatic nitrogens is 3. The number of nitrogens with two attached hydrogens (primary N) is 1. The summed E-state index contributed by atoms with van der Waals surface area (Å²) < 4.78 is 0. The Morgan fingerprint density at radius 3 is 2.96 bits per heavy atom. The van der Waals surface area contributed by atoms with Gasteiger partial charge in [0.1, 0.15) is 5.82 Å². The molecule has 1 saturated carbocycles. The van der Waals surface area contributed by atoms with Gasteiger partial charge in [0.25, 0.3) is 5.56 Å². The van der Waals surface area contributed by atoms with Crippen molar-refractivity contribution in [2.75, 3.05) is 18.8 Å². The average molecular weight is 400 g/mol. The number of nitrogen functional groups attached to an aromatic ring is 1. The minimum atomic E-state index is -0.147. The molecule has 1 unspecified atom stereocenters. The number of rotatable bonds is 4. The molecule has 1 saturated heterocycles. The number of nitrogens with one attached hydrogen (secondary N) is 1. The normalized spacial score (nSPS) is 23.9. The molecular weight excluding hydrogens is 374 g/mol. The predicted molar refractivity (Wildman–Crippen MR) is 107 cm³/mol. The molecule has 8 heteroatoms. The van der Waals surface area contributed by atoms with Gasteiger partial charge in [0.2, 0.25) is 5.91 Å². The van der Waals surface area contributed by atoms with E-state index in [9.17, 15) is 9.59 Å². The molecule has 0 radical (unpaired) electrons. The zero-order chi connectivity index (χ0) is 19.3. The summed E-state index contributed by atoms with van der Waals surface area (Å²) in [5.41, 5.74) is 8.27. The second-order valence-corrected chi connectivity index (χ2v) is 9.32. The van der Waals surface area contributed by atoms with E-state index in [1.807, 2.05) is 10.3 Å². The Bertz CT molecular complexity index is 979. The molecular formula is C20H25N5O2S. The third-order valence-corrected chi connectivity index (χ3v) is 7.17. The lowest BCUT2D eigenvalue weighted by atomic mass is 9.77. The number of fused-ring (bicyclic) bond motifs is 2. The molecule has 5 rings (SSSR count). The van der Waals surface area contributed by atoms with Crippen molar-refractivity contribution in [3.05, 3.63) is 38.5 Å². The second kappa shape index (κ2) is 6.69. The van der Waals surface area contributed by atoms with E-state index < -0.39 is 0 Å². The minimum Gasteiger partial charge on any atom is -0.375 e. The van der Waals surface area contributed by atoms with Crippen LogP contribution in [0.3, 0.4) is 0 Å². The average Bonchev–Trinajstić information content (AvgIpc) is 3.38. The first-order valence-electron chi connectivity index (χ1n) is 10.2. The number of carbonyl (C=O) groups excluding carboxylic acids is 1. The van der Waals surface area contributed by atoms with Crippen molar-refractivity contribution < 1.29 is 4.79 Å². The summed E-state index contributed by atoms with van der Waals surface area (Å²) in [7, 11) is 0. The van der Waals surface area contributed by atoms with Crippen LogP contribution in [0.15, 0.2) is 10.2 Å². The molecule has 3 aliphatic rings. The van der Waals surface area contributed by atoms with Gasteiger partial charge in [-0.25, -0.2) is 9.97 Å². The van der Waals surface area contributed by atoms with Gasteiger partial charge >= 0.3 is 0 Å². The molecule has 28 heavy (non-hydrogen) atoms. The van der Waals surface area contributed by atoms with Gasteiger partial charge in [0.05, 0.1) is 11.4 Å². The Morgan fingerprint density at radius 2 is 2.21 bits per heavy atom. The van der Waals surface area contributed by atoms with E-state index in [0.29, 0.717) is 30.4 Å². The van der Waals surface area contributed by atoms with Crippen LogP contribution in [0.1, 0.15) is 67.2 Å². The van der Waals surface area contributed by atoms with E-state index >= 15 is 0 Å². The molecule has 0 bridgehead atoms. The number of thiazole rings is 1. The number of anilines is 1. The number of piperidine rings is 1. The van der Waals surface area contributed by atoms with E-state index in [-0.39, 0.29) is 16.9 Å². The Kier molecular flexibility index (Phi) is 4.26. The van der Waals surface area contributed by atoms with Crippen molar-refractivity contribution >= 4 is 22.4 Å². The first-order valence-corrected chi connectivity index (χ1v) is 11.0. The molecule has 0 aromatic carbocycles. The van der Waals surface area contributed by atoms with Crippen LogP contribution >= 0.6 is 11.3 Å². The molecule has 2 fully saturated rings. The zero-order valence-electron chi connectivity index (χ0n) is 15.9. The number of aryl methyl sites for hydroxylation is 1. The number of hydrogen-bond donors (Lipinski definition) is 2. The molecule has 1 amide bonds. The van der Waals surface area contributed by atoms with Gasteiger partial charge in [-0.2, -0.15) is 0 Å². The Morgan fingerprint density at radius 1 is 1.36 bits per heavy atom. The van der Waals surface area contributed by atoms with Crippen LogP contribution in [0.4, 0.5) is 5.13 Å². The highest BCUT2D eigenvalue weighted by Gasteiger charge is 2.46. The van der Waals surface area contributed by atoms with Crippen LogP contribution in [0, 0.1) is 0 Å². The van der Waals surface area contributed by atoms with Gasteiger partial charge in [0.15, 0.2) is 5.13 Å². The number of hydrogen-bond acceptors (Lipinski definition) is 6. The van der Waals surface area contributed by atoms with Gasteiger partial charge in [-0.1, -0.05) is 0 Å². The third kappa shape index (κ3) is 3.13. The smallest absolute Gasteiger partial charge is 0.254 e. The molecule has 1 atom stereocenters. The van der Waals surface area contributed by atoms with Crippen molar-refractivity contribution in [1.29, 1.82) is 0 Å². The molecule has 3 N–H and O–H groups in total. The fraction of sp³-hybridized carbons (Fsp3) is 0.600. The lowest BCUT2D eigenvalue weighted by molar-refractivity contribution is -0.133. The number of amides is 1. The second-order valence-electron chi connectivity index (χ2n) is 8.43. The molecule has 2 aromatic heterocycles. The Hall–Kier alpha value is -2.22. The first-order chi connectivity index (χ1) is 13.5. The van der Waals surface area contributed by atoms with Gasteiger partial charge in [0, 0.05) is 41.8 Å². The van der Waals surface area contributed by atoms with Crippen molar-refractivity contribution in [2.24, 2.45) is 0 Å². The maximum absolute atomic E-state index is 12.9. The van der Waals surface area contributed by atoms with Crippen molar-refractivity contribution in [3.8, 4) is 0 Å². The summed E-state index contributed by atoms with van der Waals surface area (Å²) in [6.07, 6.45) is 6.94. The van der Waals surface area contributed by atoms with Crippen LogP contribution in [0.5, 0.6) is 0 Å². The molecule has 3 heterocycles. The van der Waals surface area contributed by atoms with Gasteiger partial charge in [-0.15, -0.1) is 11.3 Å². The number of nitrogens with zero attached hydrogens (tertiary/aromatic N) is 3. The molecule has 7 nitrogen and oxygen atoms in total. The van der Waals surface area contributed by atoms with E-state index in [1.165, 1.54) is 11.3 Å². The zero-order valence-corrected chi connectivity index (χ0v) is 16.7. The lowest BCUT2D eigenvalue weighted by Gasteiger charge is -2.40. The quantitative estimate of drug-likeness (QED) is 0.819. The van der Waals surface area contributed by atoms with Gasteiger partial charge in [-0.05, 0) is 44.9 Å². The summed E-state index contributed by atoms with van der Waals surface area (Å²) in [6.45, 7) is 1.46. The first kappa shape index (κ1) is 17.8. The number of carbonyl (C=O) groups is 1. The molecule has 2 aromatic rings. The molecule has 2 aliphatic carbocycles. The fourth-order valence-corrected chi connectivity index (χ4v) is 5.39. The minimum absolute atomic E-state index is 0.0355. The van der Waals surface area contributed by atoms with E-state index in [0.717, 1.165) is 67.8 Å². The SMILES string of the molecule is Nc1nc(CCC(=O)N2CCCC3(CCc4c3nc(C3CC3)[nH]c4=O)C2)cs1. The van der Waals surface area contributed by atoms with Crippen LogP contribution in [0.2, 0.25) is 0 Å². The maximum Gasteiger partial charge on any atom is 0.254 e. The molecule has 1 aliphatic heterocycles. The lowest BCUT2D eigenvalue weighted by Crippen LogP contribution is -2.48. The van der Waals surface area contributed by atoms with E-state index in [4.69, 9.17) is 10.7 Å². The van der Waals surface area contributed by atoms with Crippen LogP contribution in [-0.2, 0) is 23.1 Å². The van der Waals surface area contributed by atoms with E-state index in [2.05, 4.69) is 9.97 Å². The topological polar surface area (TPSA) is 105 Å². The maximum atomic E-state index is 12.9. The summed E-state index contributed by atoms with van der Waals surface area (Å²) in [5.74, 6) is 1.43. The van der Waals surface area contributed by atoms with Crippen molar-refractivity contribution in [3.63, 3.8) is 0 Å². The summed E-state index contributed by atoms with van der Waals surface area (Å²) in [5, 5.41) is 2.47. The van der Waals surface area contributed by atoms with Crippen molar-refractivity contribution in [1.82, 2.24) is 19.9 Å². The van der Waals surface area contributed by atoms with Crippen LogP contribution in [0.25, 0.3) is 0 Å². The predicted octanol–water partition coefficient (Wildman–Crippen LogP) is 2.13.